The largest absolute Gasteiger partial charge is 0.496 e. The van der Waals surface area contributed by atoms with Crippen LogP contribution < -0.4 is 14.8 Å². The fourth-order valence-corrected chi connectivity index (χ4v) is 2.15. The van der Waals surface area contributed by atoms with E-state index in [9.17, 15) is 4.79 Å². The number of methoxy groups -OCH3 is 1. The smallest absolute Gasteiger partial charge is 0.259 e. The normalized spacial score (nSPS) is 10.4. The van der Waals surface area contributed by atoms with Gasteiger partial charge >= 0.3 is 0 Å². The summed E-state index contributed by atoms with van der Waals surface area (Å²) < 4.78 is 10.8. The van der Waals surface area contributed by atoms with Gasteiger partial charge in [-0.05, 0) is 44.2 Å². The van der Waals surface area contributed by atoms with E-state index in [0.29, 0.717) is 27.8 Å². The van der Waals surface area contributed by atoms with E-state index in [2.05, 4.69) is 5.32 Å². The van der Waals surface area contributed by atoms with E-state index in [-0.39, 0.29) is 12.0 Å². The summed E-state index contributed by atoms with van der Waals surface area (Å²) in [6.07, 6.45) is 0.0685. The van der Waals surface area contributed by atoms with E-state index in [0.717, 1.165) is 0 Å². The van der Waals surface area contributed by atoms with Crippen LogP contribution in [0.15, 0.2) is 42.5 Å². The highest BCUT2D eigenvalue weighted by molar-refractivity contribution is 6.31. The average molecular weight is 320 g/mol. The lowest BCUT2D eigenvalue weighted by Gasteiger charge is -2.12. The Hall–Kier alpha value is -2.20. The Morgan fingerprint density at radius 2 is 1.95 bits per heavy atom. The van der Waals surface area contributed by atoms with Crippen LogP contribution >= 0.6 is 11.6 Å². The van der Waals surface area contributed by atoms with Gasteiger partial charge in [0.1, 0.15) is 11.5 Å². The number of rotatable bonds is 5. The molecule has 1 N–H and O–H groups in total. The molecule has 4 nitrogen and oxygen atoms in total. The van der Waals surface area contributed by atoms with Crippen molar-refractivity contribution in [2.45, 2.75) is 20.0 Å². The lowest BCUT2D eigenvalue weighted by molar-refractivity contribution is 0.102. The molecule has 0 atom stereocenters. The van der Waals surface area contributed by atoms with Crippen molar-refractivity contribution in [2.75, 3.05) is 12.4 Å². The van der Waals surface area contributed by atoms with Crippen LogP contribution in [0.1, 0.15) is 24.2 Å². The number of anilines is 1. The summed E-state index contributed by atoms with van der Waals surface area (Å²) >= 11 is 5.95. The average Bonchev–Trinajstić information content (AvgIpc) is 2.46. The lowest BCUT2D eigenvalue weighted by Crippen LogP contribution is -2.13. The first-order valence-electron chi connectivity index (χ1n) is 6.91. The summed E-state index contributed by atoms with van der Waals surface area (Å²) in [6.45, 7) is 3.89. The number of carbonyl (C=O) groups is 1. The minimum atomic E-state index is -0.291. The topological polar surface area (TPSA) is 47.6 Å². The molecule has 2 aromatic carbocycles. The van der Waals surface area contributed by atoms with E-state index in [1.807, 2.05) is 26.0 Å². The molecule has 22 heavy (non-hydrogen) atoms. The van der Waals surface area contributed by atoms with Gasteiger partial charge in [0.2, 0.25) is 0 Å². The summed E-state index contributed by atoms with van der Waals surface area (Å²) in [5.41, 5.74) is 1.02. The maximum atomic E-state index is 12.4. The van der Waals surface area contributed by atoms with Crippen LogP contribution in [0.5, 0.6) is 11.5 Å². The zero-order valence-electron chi connectivity index (χ0n) is 12.7. The SMILES string of the molecule is COc1ccc(Cl)cc1C(=O)Nc1cccc(OC(C)C)c1. The van der Waals surface area contributed by atoms with Crippen molar-refractivity contribution < 1.29 is 14.3 Å². The lowest BCUT2D eigenvalue weighted by atomic mass is 10.2. The van der Waals surface area contributed by atoms with Crippen LogP contribution in [-0.4, -0.2) is 19.1 Å². The predicted molar refractivity (Wildman–Crippen MR) is 88.2 cm³/mol. The highest BCUT2D eigenvalue weighted by atomic mass is 35.5. The highest BCUT2D eigenvalue weighted by Gasteiger charge is 2.13. The Morgan fingerprint density at radius 3 is 2.64 bits per heavy atom. The fourth-order valence-electron chi connectivity index (χ4n) is 1.98. The summed E-state index contributed by atoms with van der Waals surface area (Å²) in [7, 11) is 1.51. The van der Waals surface area contributed by atoms with Crippen LogP contribution in [0.3, 0.4) is 0 Å². The third-order valence-corrected chi connectivity index (χ3v) is 3.10. The van der Waals surface area contributed by atoms with Crippen molar-refractivity contribution in [3.63, 3.8) is 0 Å². The maximum absolute atomic E-state index is 12.4. The number of ether oxygens (including phenoxy) is 2. The first kappa shape index (κ1) is 16.2. The number of nitrogens with one attached hydrogen (secondary N) is 1. The van der Waals surface area contributed by atoms with Gasteiger partial charge in [0.15, 0.2) is 0 Å². The van der Waals surface area contributed by atoms with Crippen LogP contribution in [-0.2, 0) is 0 Å². The minimum absolute atomic E-state index is 0.0685. The first-order valence-corrected chi connectivity index (χ1v) is 7.29. The van der Waals surface area contributed by atoms with Crippen molar-refractivity contribution in [3.05, 3.63) is 53.1 Å². The van der Waals surface area contributed by atoms with Crippen LogP contribution in [0.25, 0.3) is 0 Å². The van der Waals surface area contributed by atoms with Crippen LogP contribution in [0.2, 0.25) is 5.02 Å². The number of benzene rings is 2. The molecule has 116 valence electrons. The molecule has 0 saturated heterocycles. The Kier molecular flexibility index (Phi) is 5.28. The fraction of sp³-hybridized carbons (Fsp3) is 0.235. The zero-order chi connectivity index (χ0) is 16.1. The van der Waals surface area contributed by atoms with E-state index in [1.54, 1.807) is 30.3 Å². The number of hydrogen-bond donors (Lipinski definition) is 1. The molecule has 0 aliphatic carbocycles. The summed E-state index contributed by atoms with van der Waals surface area (Å²) in [5.74, 6) is 0.878. The van der Waals surface area contributed by atoms with Gasteiger partial charge in [-0.3, -0.25) is 4.79 Å². The van der Waals surface area contributed by atoms with Gasteiger partial charge in [-0.1, -0.05) is 17.7 Å². The Labute approximate surface area is 135 Å². The van der Waals surface area contributed by atoms with Crippen molar-refractivity contribution in [2.24, 2.45) is 0 Å². The van der Waals surface area contributed by atoms with E-state index in [1.165, 1.54) is 7.11 Å². The molecule has 5 heteroatoms. The molecule has 0 spiro atoms. The summed E-state index contributed by atoms with van der Waals surface area (Å²) in [4.78, 5) is 12.4. The monoisotopic (exact) mass is 319 g/mol. The number of amides is 1. The first-order chi connectivity index (χ1) is 10.5. The maximum Gasteiger partial charge on any atom is 0.259 e. The molecule has 0 fully saturated rings. The summed E-state index contributed by atoms with van der Waals surface area (Å²) in [5, 5.41) is 3.29. The molecule has 0 aliphatic rings. The number of hydrogen-bond acceptors (Lipinski definition) is 3. The summed E-state index contributed by atoms with van der Waals surface area (Å²) in [6, 6.07) is 12.1. The molecule has 0 aliphatic heterocycles. The highest BCUT2D eigenvalue weighted by Crippen LogP contribution is 2.25. The molecule has 0 saturated carbocycles. The molecule has 0 bridgehead atoms. The third kappa shape index (κ3) is 4.15. The Balaban J connectivity index is 2.20. The zero-order valence-corrected chi connectivity index (χ0v) is 13.5. The van der Waals surface area contributed by atoms with Crippen molar-refractivity contribution in [1.29, 1.82) is 0 Å². The molecule has 2 aromatic rings. The molecule has 0 unspecified atom stereocenters. The molecule has 2 rings (SSSR count). The van der Waals surface area contributed by atoms with Crippen LogP contribution in [0, 0.1) is 0 Å². The van der Waals surface area contributed by atoms with Gasteiger partial charge in [0, 0.05) is 16.8 Å². The molecule has 0 aromatic heterocycles. The standard InChI is InChI=1S/C17H18ClNO3/c1-11(2)22-14-6-4-5-13(10-14)19-17(20)15-9-12(18)7-8-16(15)21-3/h4-11H,1-3H3,(H,19,20). The van der Waals surface area contributed by atoms with Crippen molar-refractivity contribution in [1.82, 2.24) is 0 Å². The molecular formula is C17H18ClNO3. The molecular weight excluding hydrogens is 302 g/mol. The minimum Gasteiger partial charge on any atom is -0.496 e. The molecule has 0 radical (unpaired) electrons. The van der Waals surface area contributed by atoms with Gasteiger partial charge in [0.25, 0.3) is 5.91 Å². The Morgan fingerprint density at radius 1 is 1.18 bits per heavy atom. The predicted octanol–water partition coefficient (Wildman–Crippen LogP) is 4.39. The molecule has 1 amide bonds. The third-order valence-electron chi connectivity index (χ3n) is 2.87. The quantitative estimate of drug-likeness (QED) is 0.889. The van der Waals surface area contributed by atoms with Gasteiger partial charge in [-0.2, -0.15) is 0 Å². The van der Waals surface area contributed by atoms with E-state index in [4.69, 9.17) is 21.1 Å². The van der Waals surface area contributed by atoms with Crippen LogP contribution in [0.4, 0.5) is 5.69 Å². The number of carbonyl (C=O) groups excluding carboxylic acids is 1. The van der Waals surface area contributed by atoms with Gasteiger partial charge in [-0.15, -0.1) is 0 Å². The van der Waals surface area contributed by atoms with Crippen molar-refractivity contribution >= 4 is 23.2 Å². The second-order valence-electron chi connectivity index (χ2n) is 4.99. The number of halogens is 1. The van der Waals surface area contributed by atoms with E-state index < -0.39 is 0 Å². The van der Waals surface area contributed by atoms with Crippen molar-refractivity contribution in [3.8, 4) is 11.5 Å². The van der Waals surface area contributed by atoms with Gasteiger partial charge in [-0.25, -0.2) is 0 Å². The second-order valence-corrected chi connectivity index (χ2v) is 5.43. The van der Waals surface area contributed by atoms with E-state index >= 15 is 0 Å². The van der Waals surface area contributed by atoms with Gasteiger partial charge in [0.05, 0.1) is 18.8 Å². The van der Waals surface area contributed by atoms with Gasteiger partial charge < -0.3 is 14.8 Å². The molecule has 0 heterocycles. The Bertz CT molecular complexity index is 671. The second kappa shape index (κ2) is 7.18.